The fourth-order valence-corrected chi connectivity index (χ4v) is 5.07. The first-order valence-corrected chi connectivity index (χ1v) is 11.7. The van der Waals surface area contributed by atoms with Crippen LogP contribution >= 0.6 is 0 Å². The van der Waals surface area contributed by atoms with Gasteiger partial charge in [0.1, 0.15) is 0 Å². The molecule has 4 rings (SSSR count). The molecule has 3 aromatic carbocycles. The van der Waals surface area contributed by atoms with Gasteiger partial charge in [-0.15, -0.1) is 0 Å². The Bertz CT molecular complexity index is 1420. The Morgan fingerprint density at radius 1 is 0.781 bits per heavy atom. The number of hydrogen-bond donors (Lipinski definition) is 1. The molecule has 0 heterocycles. The lowest BCUT2D eigenvalue weighted by Crippen LogP contribution is -2.22. The second kappa shape index (κ2) is 8.20. The van der Waals surface area contributed by atoms with Crippen LogP contribution in [0.4, 0.5) is 5.69 Å². The van der Waals surface area contributed by atoms with Crippen LogP contribution in [-0.4, -0.2) is 19.9 Å². The predicted octanol–water partition coefficient (Wildman–Crippen LogP) is 5.29. The van der Waals surface area contributed by atoms with Gasteiger partial charge < -0.3 is 5.32 Å². The zero-order valence-corrected chi connectivity index (χ0v) is 19.2. The number of ketones is 1. The average molecular weight is 445 g/mol. The van der Waals surface area contributed by atoms with Crippen molar-refractivity contribution >= 4 is 27.2 Å². The monoisotopic (exact) mass is 444 g/mol. The summed E-state index contributed by atoms with van der Waals surface area (Å²) in [6.07, 6.45) is 1.51. The maximum Gasteiger partial charge on any atom is 0.283 e. The van der Waals surface area contributed by atoms with E-state index in [1.165, 1.54) is 6.08 Å². The third-order valence-electron chi connectivity index (χ3n) is 5.56. The Kier molecular flexibility index (Phi) is 5.57. The molecular weight excluding hydrogens is 420 g/mol. The minimum atomic E-state index is -3.99. The Morgan fingerprint density at radius 2 is 1.47 bits per heavy atom. The third kappa shape index (κ3) is 4.14. The lowest BCUT2D eigenvalue weighted by Gasteiger charge is -2.19. The molecule has 0 radical (unpaired) electrons. The number of allylic oxidation sites excluding steroid dienone is 2. The largest absolute Gasteiger partial charge is 0.352 e. The first kappa shape index (κ1) is 21.7. The average Bonchev–Trinajstić information content (AvgIpc) is 2.74. The molecule has 3 aromatic rings. The third-order valence-corrected chi connectivity index (χ3v) is 6.99. The number of aryl methyl sites for hydroxylation is 4. The van der Waals surface area contributed by atoms with Crippen molar-refractivity contribution in [3.8, 4) is 0 Å². The number of anilines is 1. The number of benzene rings is 3. The van der Waals surface area contributed by atoms with E-state index in [1.807, 2.05) is 51.1 Å². The standard InChI is InChI=1S/C26H24N2O3S/c1-16-8-7-9-20(12-16)27-24-15-23(21-10-5-6-11-22(21)26(24)29)28-32(30,31)25-14-18(3)17(2)13-19(25)4/h5-15,27H,1-4H3. The van der Waals surface area contributed by atoms with Gasteiger partial charge in [-0.25, -0.2) is 0 Å². The van der Waals surface area contributed by atoms with E-state index in [0.29, 0.717) is 16.7 Å². The van der Waals surface area contributed by atoms with Gasteiger partial charge in [0, 0.05) is 16.8 Å². The number of Topliss-reactive ketones (excluding diaryl/α,β-unsaturated/α-hetero) is 1. The van der Waals surface area contributed by atoms with Crippen LogP contribution in [0.25, 0.3) is 0 Å². The van der Waals surface area contributed by atoms with Gasteiger partial charge in [-0.2, -0.15) is 12.8 Å². The molecule has 0 fully saturated rings. The molecule has 0 spiro atoms. The lowest BCUT2D eigenvalue weighted by atomic mass is 9.92. The van der Waals surface area contributed by atoms with Gasteiger partial charge in [-0.1, -0.05) is 42.5 Å². The highest BCUT2D eigenvalue weighted by molar-refractivity contribution is 7.90. The second-order valence-corrected chi connectivity index (χ2v) is 9.65. The first-order valence-electron chi connectivity index (χ1n) is 10.3. The molecule has 5 nitrogen and oxygen atoms in total. The summed E-state index contributed by atoms with van der Waals surface area (Å²) in [5.41, 5.74) is 5.75. The Balaban J connectivity index is 1.85. The second-order valence-electron chi connectivity index (χ2n) is 8.08. The molecule has 0 bridgehead atoms. The summed E-state index contributed by atoms with van der Waals surface area (Å²) in [4.78, 5) is 13.3. The van der Waals surface area contributed by atoms with E-state index in [0.717, 1.165) is 22.4 Å². The number of fused-ring (bicyclic) bond motifs is 1. The van der Waals surface area contributed by atoms with Crippen LogP contribution in [0.3, 0.4) is 0 Å². The van der Waals surface area contributed by atoms with Crippen LogP contribution in [0.2, 0.25) is 0 Å². The van der Waals surface area contributed by atoms with Crippen molar-refractivity contribution in [2.75, 3.05) is 5.32 Å². The topological polar surface area (TPSA) is 75.6 Å². The predicted molar refractivity (Wildman–Crippen MR) is 128 cm³/mol. The number of nitrogens with zero attached hydrogens (tertiary/aromatic N) is 1. The van der Waals surface area contributed by atoms with E-state index < -0.39 is 10.0 Å². The molecule has 162 valence electrons. The van der Waals surface area contributed by atoms with Crippen molar-refractivity contribution in [1.29, 1.82) is 0 Å². The number of rotatable bonds is 4. The van der Waals surface area contributed by atoms with Gasteiger partial charge in [0.25, 0.3) is 10.0 Å². The number of nitrogens with one attached hydrogen (secondary N) is 1. The van der Waals surface area contributed by atoms with Crippen LogP contribution in [0.5, 0.6) is 0 Å². The van der Waals surface area contributed by atoms with Crippen LogP contribution in [-0.2, 0) is 10.0 Å². The van der Waals surface area contributed by atoms with E-state index in [2.05, 4.69) is 9.71 Å². The Labute approximate surface area is 188 Å². The number of carbonyl (C=O) groups excluding carboxylic acids is 1. The van der Waals surface area contributed by atoms with E-state index >= 15 is 0 Å². The van der Waals surface area contributed by atoms with Crippen LogP contribution < -0.4 is 5.32 Å². The quantitative estimate of drug-likeness (QED) is 0.593. The van der Waals surface area contributed by atoms with Gasteiger partial charge >= 0.3 is 0 Å². The normalized spacial score (nSPS) is 14.8. The Hall–Kier alpha value is -3.51. The minimum absolute atomic E-state index is 0.170. The number of sulfonamides is 1. The highest BCUT2D eigenvalue weighted by Gasteiger charge is 2.27. The van der Waals surface area contributed by atoms with E-state index in [4.69, 9.17) is 0 Å². The summed E-state index contributed by atoms with van der Waals surface area (Å²) in [6, 6.07) is 18.1. The molecule has 32 heavy (non-hydrogen) atoms. The molecule has 0 atom stereocenters. The summed E-state index contributed by atoms with van der Waals surface area (Å²) in [5, 5.41) is 3.13. The van der Waals surface area contributed by atoms with Crippen molar-refractivity contribution in [2.45, 2.75) is 32.6 Å². The Morgan fingerprint density at radius 3 is 2.19 bits per heavy atom. The zero-order chi connectivity index (χ0) is 23.0. The molecule has 6 heteroatoms. The first-order chi connectivity index (χ1) is 15.2. The van der Waals surface area contributed by atoms with Gasteiger partial charge in [0.2, 0.25) is 5.78 Å². The summed E-state index contributed by atoms with van der Waals surface area (Å²) < 4.78 is 30.7. The molecule has 1 N–H and O–H groups in total. The molecule has 1 aliphatic carbocycles. The van der Waals surface area contributed by atoms with Crippen molar-refractivity contribution in [2.24, 2.45) is 4.40 Å². The highest BCUT2D eigenvalue weighted by atomic mass is 32.2. The van der Waals surface area contributed by atoms with Gasteiger partial charge in [-0.05, 0) is 74.2 Å². The van der Waals surface area contributed by atoms with Crippen molar-refractivity contribution in [3.63, 3.8) is 0 Å². The number of carbonyl (C=O) groups is 1. The summed E-state index contributed by atoms with van der Waals surface area (Å²) >= 11 is 0. The van der Waals surface area contributed by atoms with Crippen LogP contribution in [0.1, 0.15) is 38.2 Å². The smallest absolute Gasteiger partial charge is 0.283 e. The van der Waals surface area contributed by atoms with Crippen LogP contribution in [0.15, 0.2) is 81.7 Å². The molecule has 0 saturated carbocycles. The maximum absolute atomic E-state index is 13.3. The van der Waals surface area contributed by atoms with Crippen molar-refractivity contribution in [1.82, 2.24) is 0 Å². The lowest BCUT2D eigenvalue weighted by molar-refractivity contribution is 0.103. The fraction of sp³-hybridized carbons (Fsp3) is 0.154. The molecule has 0 aliphatic heterocycles. The molecule has 0 unspecified atom stereocenters. The fourth-order valence-electron chi connectivity index (χ4n) is 3.77. The van der Waals surface area contributed by atoms with Crippen LogP contribution in [0, 0.1) is 27.7 Å². The molecular formula is C26H24N2O3S. The summed E-state index contributed by atoms with van der Waals surface area (Å²) in [7, 11) is -3.99. The SMILES string of the molecule is Cc1cccc(NC2=CC(=NS(=O)(=O)c3cc(C)c(C)cc3C)c3ccccc3C2=O)c1. The molecule has 0 aromatic heterocycles. The van der Waals surface area contributed by atoms with Gasteiger partial charge in [0.05, 0.1) is 16.3 Å². The van der Waals surface area contributed by atoms with E-state index in [9.17, 15) is 13.2 Å². The molecule has 0 saturated heterocycles. The maximum atomic E-state index is 13.3. The zero-order valence-electron chi connectivity index (χ0n) is 18.4. The van der Waals surface area contributed by atoms with Gasteiger partial charge in [-0.3, -0.25) is 4.79 Å². The minimum Gasteiger partial charge on any atom is -0.352 e. The van der Waals surface area contributed by atoms with E-state index in [-0.39, 0.29) is 22.1 Å². The highest BCUT2D eigenvalue weighted by Crippen LogP contribution is 2.27. The van der Waals surface area contributed by atoms with Gasteiger partial charge in [0.15, 0.2) is 0 Å². The van der Waals surface area contributed by atoms with Crippen molar-refractivity contribution < 1.29 is 13.2 Å². The molecule has 1 aliphatic rings. The van der Waals surface area contributed by atoms with Crippen molar-refractivity contribution in [3.05, 3.63) is 106 Å². The van der Waals surface area contributed by atoms with E-state index in [1.54, 1.807) is 37.3 Å². The molecule has 0 amide bonds. The summed E-state index contributed by atoms with van der Waals surface area (Å²) in [5.74, 6) is -0.208. The number of hydrogen-bond acceptors (Lipinski definition) is 4. The summed E-state index contributed by atoms with van der Waals surface area (Å²) in [6.45, 7) is 7.54.